The first-order chi connectivity index (χ1) is 9.23. The van der Waals surface area contributed by atoms with Gasteiger partial charge in [-0.3, -0.25) is 9.59 Å². The summed E-state index contributed by atoms with van der Waals surface area (Å²) in [6.45, 7) is -1.28. The van der Waals surface area contributed by atoms with Crippen LogP contribution in [0.5, 0.6) is 0 Å². The number of hydrogen-bond donors (Lipinski definition) is 2. The second-order valence-corrected chi connectivity index (χ2v) is 4.64. The number of hydrogen-bond acceptors (Lipinski definition) is 4. The lowest BCUT2D eigenvalue weighted by Crippen LogP contribution is -2.46. The zero-order valence-electron chi connectivity index (χ0n) is 11.3. The molecular formula is C11H18F3N3O3. The minimum atomic E-state index is -4.46. The Balaban J connectivity index is 2.36. The molecule has 9 heteroatoms. The molecule has 1 fully saturated rings. The molecule has 0 aliphatic carbocycles. The second kappa shape index (κ2) is 6.89. The Kier molecular flexibility index (Phi) is 5.75. The molecule has 2 atom stereocenters. The molecule has 0 spiro atoms. The van der Waals surface area contributed by atoms with Crippen LogP contribution in [0.3, 0.4) is 0 Å². The van der Waals surface area contributed by atoms with Crippen molar-refractivity contribution in [3.63, 3.8) is 0 Å². The van der Waals surface area contributed by atoms with Crippen molar-refractivity contribution in [2.75, 3.05) is 33.8 Å². The molecule has 2 amide bonds. The number of nitrogens with one attached hydrogen (secondary N) is 2. The maximum atomic E-state index is 11.9. The molecule has 1 aliphatic heterocycles. The molecule has 0 aromatic carbocycles. The number of methoxy groups -OCH3 is 1. The largest absolute Gasteiger partial charge is 0.405 e. The minimum absolute atomic E-state index is 0.0728. The van der Waals surface area contributed by atoms with Gasteiger partial charge in [0.25, 0.3) is 0 Å². The molecule has 1 heterocycles. The first-order valence-corrected chi connectivity index (χ1v) is 6.07. The number of ether oxygens (including phenoxy) is 1. The van der Waals surface area contributed by atoms with Gasteiger partial charge in [-0.05, 0) is 6.42 Å². The lowest BCUT2D eigenvalue weighted by atomic mass is 10.2. The third kappa shape index (κ3) is 5.33. The van der Waals surface area contributed by atoms with Crippen LogP contribution in [0, 0.1) is 0 Å². The molecule has 1 saturated heterocycles. The summed E-state index contributed by atoms with van der Waals surface area (Å²) in [5.74, 6) is -1.19. The average Bonchev–Trinajstić information content (AvgIpc) is 2.83. The van der Waals surface area contributed by atoms with Gasteiger partial charge >= 0.3 is 6.18 Å². The Hall–Kier alpha value is -1.35. The first kappa shape index (κ1) is 16.7. The van der Waals surface area contributed by atoms with Crippen molar-refractivity contribution in [2.45, 2.75) is 24.7 Å². The van der Waals surface area contributed by atoms with Gasteiger partial charge in [0.1, 0.15) is 6.54 Å². The molecule has 0 aromatic heterocycles. The van der Waals surface area contributed by atoms with Gasteiger partial charge in [0.05, 0.1) is 18.7 Å². The molecule has 6 nitrogen and oxygen atoms in total. The van der Waals surface area contributed by atoms with Gasteiger partial charge in [-0.15, -0.1) is 0 Å². The van der Waals surface area contributed by atoms with Crippen molar-refractivity contribution >= 4 is 11.8 Å². The fourth-order valence-corrected chi connectivity index (χ4v) is 1.89. The lowest BCUT2D eigenvalue weighted by molar-refractivity contribution is -0.142. The van der Waals surface area contributed by atoms with Gasteiger partial charge in [0.2, 0.25) is 11.8 Å². The van der Waals surface area contributed by atoms with Crippen LogP contribution < -0.4 is 10.6 Å². The maximum Gasteiger partial charge on any atom is 0.405 e. The summed E-state index contributed by atoms with van der Waals surface area (Å²) < 4.78 is 40.9. The van der Waals surface area contributed by atoms with Gasteiger partial charge in [-0.2, -0.15) is 13.2 Å². The predicted molar refractivity (Wildman–Crippen MR) is 63.9 cm³/mol. The van der Waals surface area contributed by atoms with Crippen LogP contribution in [0.4, 0.5) is 13.2 Å². The number of halogens is 3. The monoisotopic (exact) mass is 297 g/mol. The van der Waals surface area contributed by atoms with E-state index in [1.165, 1.54) is 14.2 Å². The van der Waals surface area contributed by atoms with Crippen LogP contribution in [0.1, 0.15) is 6.42 Å². The Morgan fingerprint density at radius 3 is 2.60 bits per heavy atom. The zero-order chi connectivity index (χ0) is 15.3. The second-order valence-electron chi connectivity index (χ2n) is 4.64. The number of alkyl halides is 3. The summed E-state index contributed by atoms with van der Waals surface area (Å²) in [4.78, 5) is 24.3. The normalized spacial score (nSPS) is 22.6. The molecule has 1 aliphatic rings. The highest BCUT2D eigenvalue weighted by Crippen LogP contribution is 2.13. The van der Waals surface area contributed by atoms with Crippen LogP contribution in [-0.2, 0) is 14.3 Å². The van der Waals surface area contributed by atoms with Crippen molar-refractivity contribution in [1.29, 1.82) is 0 Å². The van der Waals surface area contributed by atoms with Crippen molar-refractivity contribution < 1.29 is 27.5 Å². The number of rotatable bonds is 5. The van der Waals surface area contributed by atoms with E-state index in [-0.39, 0.29) is 12.0 Å². The number of carbonyl (C=O) groups excluding carboxylic acids is 2. The van der Waals surface area contributed by atoms with Crippen LogP contribution in [0.15, 0.2) is 0 Å². The molecular weight excluding hydrogens is 279 g/mol. The molecule has 0 saturated carbocycles. The van der Waals surface area contributed by atoms with Crippen molar-refractivity contribution in [2.24, 2.45) is 0 Å². The quantitative estimate of drug-likeness (QED) is 0.718. The topological polar surface area (TPSA) is 70.7 Å². The maximum absolute atomic E-state index is 11.9. The van der Waals surface area contributed by atoms with Crippen LogP contribution in [-0.4, -0.2) is 68.8 Å². The van der Waals surface area contributed by atoms with E-state index >= 15 is 0 Å². The number of amides is 2. The number of likely N-dealkylation sites (N-methyl/N-ethyl adjacent to an activating group) is 1. The van der Waals surface area contributed by atoms with Gasteiger partial charge in [-0.1, -0.05) is 0 Å². The highest BCUT2D eigenvalue weighted by molar-refractivity contribution is 5.87. The van der Waals surface area contributed by atoms with E-state index in [0.29, 0.717) is 13.0 Å². The van der Waals surface area contributed by atoms with E-state index in [1.807, 2.05) is 0 Å². The van der Waals surface area contributed by atoms with Gasteiger partial charge < -0.3 is 20.3 Å². The third-order valence-electron chi connectivity index (χ3n) is 2.96. The Bertz CT molecular complexity index is 363. The molecule has 0 aromatic rings. The van der Waals surface area contributed by atoms with Crippen LogP contribution in [0.25, 0.3) is 0 Å². The van der Waals surface area contributed by atoms with E-state index < -0.39 is 31.2 Å². The van der Waals surface area contributed by atoms with Crippen LogP contribution in [0.2, 0.25) is 0 Å². The number of carbonyl (C=O) groups is 2. The van der Waals surface area contributed by atoms with E-state index in [4.69, 9.17) is 4.74 Å². The highest BCUT2D eigenvalue weighted by atomic mass is 19.4. The van der Waals surface area contributed by atoms with Crippen molar-refractivity contribution in [3.05, 3.63) is 0 Å². The summed E-state index contributed by atoms with van der Waals surface area (Å²) in [5, 5.41) is 4.66. The van der Waals surface area contributed by atoms with Crippen molar-refractivity contribution in [3.8, 4) is 0 Å². The summed E-state index contributed by atoms with van der Waals surface area (Å²) >= 11 is 0. The minimum Gasteiger partial charge on any atom is -0.380 e. The standard InChI is InChI=1S/C11H18F3N3O3/c1-17(5-9(18)16-6-11(12,13)14)10(19)8-3-7(20-2)4-15-8/h7-8,15H,3-6H2,1-2H3,(H,16,18). The Labute approximate surface area is 114 Å². The smallest absolute Gasteiger partial charge is 0.380 e. The average molecular weight is 297 g/mol. The summed E-state index contributed by atoms with van der Waals surface area (Å²) in [6.07, 6.45) is -4.06. The molecule has 0 bridgehead atoms. The van der Waals surface area contributed by atoms with E-state index in [2.05, 4.69) is 5.32 Å². The molecule has 0 radical (unpaired) electrons. The van der Waals surface area contributed by atoms with Gasteiger partial charge in [-0.25, -0.2) is 0 Å². The zero-order valence-corrected chi connectivity index (χ0v) is 11.3. The molecule has 116 valence electrons. The van der Waals surface area contributed by atoms with Gasteiger partial charge in [0, 0.05) is 20.7 Å². The lowest BCUT2D eigenvalue weighted by Gasteiger charge is -2.20. The van der Waals surface area contributed by atoms with E-state index in [1.54, 1.807) is 5.32 Å². The highest BCUT2D eigenvalue weighted by Gasteiger charge is 2.32. The van der Waals surface area contributed by atoms with E-state index in [0.717, 1.165) is 4.90 Å². The fourth-order valence-electron chi connectivity index (χ4n) is 1.89. The predicted octanol–water partition coefficient (Wildman–Crippen LogP) is -0.500. The molecule has 20 heavy (non-hydrogen) atoms. The summed E-state index contributed by atoms with van der Waals surface area (Å²) in [5.41, 5.74) is 0. The van der Waals surface area contributed by atoms with Crippen LogP contribution >= 0.6 is 0 Å². The summed E-state index contributed by atoms with van der Waals surface area (Å²) in [7, 11) is 2.91. The number of nitrogens with zero attached hydrogens (tertiary/aromatic N) is 1. The Morgan fingerprint density at radius 2 is 2.10 bits per heavy atom. The molecule has 2 unspecified atom stereocenters. The molecule has 2 N–H and O–H groups in total. The van der Waals surface area contributed by atoms with Gasteiger partial charge in [0.15, 0.2) is 0 Å². The third-order valence-corrected chi connectivity index (χ3v) is 2.96. The summed E-state index contributed by atoms with van der Waals surface area (Å²) in [6, 6.07) is -0.472. The Morgan fingerprint density at radius 1 is 1.45 bits per heavy atom. The molecule has 1 rings (SSSR count). The first-order valence-electron chi connectivity index (χ1n) is 6.07. The SMILES string of the molecule is COC1CNC(C(=O)N(C)CC(=O)NCC(F)(F)F)C1. The van der Waals surface area contributed by atoms with E-state index in [9.17, 15) is 22.8 Å². The fraction of sp³-hybridized carbons (Fsp3) is 0.818. The van der Waals surface area contributed by atoms with Crippen molar-refractivity contribution in [1.82, 2.24) is 15.5 Å².